The van der Waals surface area contributed by atoms with Gasteiger partial charge in [0, 0.05) is 34.0 Å². The summed E-state index contributed by atoms with van der Waals surface area (Å²) in [7, 11) is 0. The molecule has 2 aromatic heterocycles. The van der Waals surface area contributed by atoms with Gasteiger partial charge in [-0.25, -0.2) is 4.98 Å². The first-order valence-electron chi connectivity index (χ1n) is 9.92. The highest BCUT2D eigenvalue weighted by Crippen LogP contribution is 2.40. The molecule has 3 N–H and O–H groups in total. The molecule has 0 fully saturated rings. The fraction of sp³-hybridized carbons (Fsp3) is 0.417. The number of hydrogen-bond donors (Lipinski definition) is 2. The molecule has 29 heavy (non-hydrogen) atoms. The molecular formula is C24H31N3O2. The van der Waals surface area contributed by atoms with Crippen LogP contribution in [0.2, 0.25) is 0 Å². The summed E-state index contributed by atoms with van der Waals surface area (Å²) in [5, 5.41) is 11.8. The fourth-order valence-corrected chi connectivity index (χ4v) is 3.57. The molecular weight excluding hydrogens is 362 g/mol. The molecule has 0 radical (unpaired) electrons. The standard InChI is InChI=1S/C24H31N3O2/c1-14-8-9-15-12-27(22(25)20(15)26-14)13-19(28)16-10-17(23(2,3)4)21(29)18(11-16)24(5,6)7/h8-12,29H,13,25H2,1-7H3. The Kier molecular flexibility index (Phi) is 4.98. The van der Waals surface area contributed by atoms with E-state index in [1.807, 2.05) is 78.9 Å². The zero-order valence-corrected chi connectivity index (χ0v) is 18.4. The van der Waals surface area contributed by atoms with E-state index in [1.165, 1.54) is 0 Å². The van der Waals surface area contributed by atoms with Gasteiger partial charge in [-0.1, -0.05) is 41.5 Å². The maximum atomic E-state index is 13.2. The highest BCUT2D eigenvalue weighted by molar-refractivity contribution is 5.98. The summed E-state index contributed by atoms with van der Waals surface area (Å²) in [6, 6.07) is 7.52. The lowest BCUT2D eigenvalue weighted by Crippen LogP contribution is -2.20. The SMILES string of the molecule is Cc1ccc2cn(CC(=O)c3cc(C(C)(C)C)c(O)c(C(C)(C)C)c3)c(N)c2n1. The molecule has 154 valence electrons. The number of phenolic OH excluding ortho intramolecular Hbond substituents is 1. The van der Waals surface area contributed by atoms with Gasteiger partial charge in [-0.05, 0) is 42.0 Å². The number of carbonyl (C=O) groups is 1. The highest BCUT2D eigenvalue weighted by atomic mass is 16.3. The number of pyridine rings is 1. The number of fused-ring (bicyclic) bond motifs is 1. The lowest BCUT2D eigenvalue weighted by atomic mass is 9.78. The fourth-order valence-electron chi connectivity index (χ4n) is 3.57. The van der Waals surface area contributed by atoms with E-state index in [0.717, 1.165) is 22.2 Å². The zero-order valence-electron chi connectivity index (χ0n) is 18.4. The number of aryl methyl sites for hydroxylation is 1. The van der Waals surface area contributed by atoms with E-state index >= 15 is 0 Å². The van der Waals surface area contributed by atoms with Crippen LogP contribution in [0.5, 0.6) is 5.75 Å². The van der Waals surface area contributed by atoms with Crippen LogP contribution in [0.25, 0.3) is 10.9 Å². The summed E-state index contributed by atoms with van der Waals surface area (Å²) >= 11 is 0. The predicted molar refractivity (Wildman–Crippen MR) is 119 cm³/mol. The summed E-state index contributed by atoms with van der Waals surface area (Å²) in [5.41, 5.74) is 9.42. The normalized spacial score (nSPS) is 12.5. The molecule has 0 aliphatic carbocycles. The molecule has 0 aliphatic heterocycles. The van der Waals surface area contributed by atoms with Crippen molar-refractivity contribution in [3.05, 3.63) is 52.8 Å². The highest BCUT2D eigenvalue weighted by Gasteiger charge is 2.28. The number of rotatable bonds is 3. The molecule has 0 amide bonds. The Labute approximate surface area is 172 Å². The number of Topliss-reactive ketones (excluding diaryl/α,β-unsaturated/α-hetero) is 1. The summed E-state index contributed by atoms with van der Waals surface area (Å²) in [6.45, 7) is 14.3. The predicted octanol–water partition coefficient (Wildman–Crippen LogP) is 5.11. The van der Waals surface area contributed by atoms with Crippen LogP contribution < -0.4 is 5.73 Å². The smallest absolute Gasteiger partial charge is 0.182 e. The largest absolute Gasteiger partial charge is 0.507 e. The molecule has 1 aromatic carbocycles. The minimum Gasteiger partial charge on any atom is -0.507 e. The van der Waals surface area contributed by atoms with Gasteiger partial charge in [0.2, 0.25) is 0 Å². The number of nitrogens with zero attached hydrogens (tertiary/aromatic N) is 2. The molecule has 3 rings (SSSR count). The van der Waals surface area contributed by atoms with Crippen molar-refractivity contribution >= 4 is 22.5 Å². The van der Waals surface area contributed by atoms with Gasteiger partial charge in [0.15, 0.2) is 5.78 Å². The molecule has 3 aromatic rings. The molecule has 5 heteroatoms. The van der Waals surface area contributed by atoms with E-state index in [0.29, 0.717) is 16.9 Å². The van der Waals surface area contributed by atoms with Gasteiger partial charge < -0.3 is 15.4 Å². The van der Waals surface area contributed by atoms with Gasteiger partial charge >= 0.3 is 0 Å². The van der Waals surface area contributed by atoms with Crippen molar-refractivity contribution in [2.45, 2.75) is 65.8 Å². The number of nitrogen functional groups attached to an aromatic ring is 1. The molecule has 0 unspecified atom stereocenters. The van der Waals surface area contributed by atoms with Crippen LogP contribution in [0.1, 0.15) is 68.7 Å². The van der Waals surface area contributed by atoms with Crippen molar-refractivity contribution in [3.63, 3.8) is 0 Å². The third kappa shape index (κ3) is 4.00. The van der Waals surface area contributed by atoms with Crippen LogP contribution in [0.15, 0.2) is 30.5 Å². The molecule has 0 saturated heterocycles. The first-order valence-corrected chi connectivity index (χ1v) is 9.92. The number of nitrogens with two attached hydrogens (primary N) is 1. The molecule has 0 atom stereocenters. The van der Waals surface area contributed by atoms with Gasteiger partial charge in [0.1, 0.15) is 17.1 Å². The van der Waals surface area contributed by atoms with Crippen molar-refractivity contribution in [1.29, 1.82) is 0 Å². The minimum absolute atomic E-state index is 0.0512. The lowest BCUT2D eigenvalue weighted by Gasteiger charge is -2.28. The van der Waals surface area contributed by atoms with E-state index in [4.69, 9.17) is 5.73 Å². The van der Waals surface area contributed by atoms with E-state index in [1.54, 1.807) is 4.57 Å². The topological polar surface area (TPSA) is 81.1 Å². The van der Waals surface area contributed by atoms with Gasteiger partial charge in [-0.2, -0.15) is 0 Å². The van der Waals surface area contributed by atoms with Gasteiger partial charge in [0.05, 0.1) is 6.54 Å². The van der Waals surface area contributed by atoms with Crippen molar-refractivity contribution < 1.29 is 9.90 Å². The lowest BCUT2D eigenvalue weighted by molar-refractivity contribution is 0.0972. The van der Waals surface area contributed by atoms with Crippen molar-refractivity contribution in [2.24, 2.45) is 0 Å². The monoisotopic (exact) mass is 393 g/mol. The molecule has 0 spiro atoms. The third-order valence-electron chi connectivity index (χ3n) is 5.27. The molecule has 0 aliphatic rings. The van der Waals surface area contributed by atoms with Crippen LogP contribution >= 0.6 is 0 Å². The minimum atomic E-state index is -0.289. The van der Waals surface area contributed by atoms with Gasteiger partial charge in [-0.3, -0.25) is 4.79 Å². The maximum absolute atomic E-state index is 13.2. The second-order valence-corrected chi connectivity index (χ2v) is 9.88. The molecule has 2 heterocycles. The Morgan fingerprint density at radius 2 is 1.62 bits per heavy atom. The summed E-state index contributed by atoms with van der Waals surface area (Å²) in [6.07, 6.45) is 1.87. The van der Waals surface area contributed by atoms with E-state index in [9.17, 15) is 9.90 Å². The average molecular weight is 394 g/mol. The Hall–Kier alpha value is -2.82. The summed E-state index contributed by atoms with van der Waals surface area (Å²) < 4.78 is 1.75. The van der Waals surface area contributed by atoms with Gasteiger partial charge in [-0.15, -0.1) is 0 Å². The van der Waals surface area contributed by atoms with E-state index < -0.39 is 0 Å². The number of benzene rings is 1. The number of aromatic nitrogens is 2. The quantitative estimate of drug-likeness (QED) is 0.606. The van der Waals surface area contributed by atoms with E-state index in [2.05, 4.69) is 4.98 Å². The number of hydrogen-bond acceptors (Lipinski definition) is 4. The Balaban J connectivity index is 2.07. The van der Waals surface area contributed by atoms with Gasteiger partial charge in [0.25, 0.3) is 0 Å². The molecule has 5 nitrogen and oxygen atoms in total. The van der Waals surface area contributed by atoms with Crippen LogP contribution in [-0.4, -0.2) is 20.4 Å². The first kappa shape index (κ1) is 20.9. The van der Waals surface area contributed by atoms with Crippen molar-refractivity contribution in [1.82, 2.24) is 9.55 Å². The molecule has 0 saturated carbocycles. The second kappa shape index (κ2) is 6.90. The number of aromatic hydroxyl groups is 1. The summed E-state index contributed by atoms with van der Waals surface area (Å²) in [4.78, 5) is 17.7. The zero-order chi connectivity index (χ0) is 21.7. The number of carbonyl (C=O) groups excluding carboxylic acids is 1. The van der Waals surface area contributed by atoms with Crippen LogP contribution in [0, 0.1) is 6.92 Å². The Morgan fingerprint density at radius 3 is 2.14 bits per heavy atom. The van der Waals surface area contributed by atoms with Crippen LogP contribution in [0.4, 0.5) is 5.82 Å². The number of anilines is 1. The Morgan fingerprint density at radius 1 is 1.07 bits per heavy atom. The number of phenols is 1. The van der Waals surface area contributed by atoms with E-state index in [-0.39, 0.29) is 28.9 Å². The first-order chi connectivity index (χ1) is 13.3. The molecule has 0 bridgehead atoms. The van der Waals surface area contributed by atoms with Crippen molar-refractivity contribution in [2.75, 3.05) is 5.73 Å². The average Bonchev–Trinajstić information content (AvgIpc) is 2.88. The second-order valence-electron chi connectivity index (χ2n) is 9.88. The Bertz CT molecular complexity index is 1060. The number of ketones is 1. The summed E-state index contributed by atoms with van der Waals surface area (Å²) in [5.74, 6) is 0.708. The third-order valence-corrected chi connectivity index (χ3v) is 5.27. The van der Waals surface area contributed by atoms with Crippen LogP contribution in [-0.2, 0) is 17.4 Å². The van der Waals surface area contributed by atoms with Crippen LogP contribution in [0.3, 0.4) is 0 Å². The maximum Gasteiger partial charge on any atom is 0.182 e. The van der Waals surface area contributed by atoms with Crippen molar-refractivity contribution in [3.8, 4) is 5.75 Å².